The van der Waals surface area contributed by atoms with Crippen LogP contribution in [-0.2, 0) is 10.0 Å². The second kappa shape index (κ2) is 8.50. The van der Waals surface area contributed by atoms with Crippen molar-refractivity contribution in [2.24, 2.45) is 0 Å². The standard InChI is InChI=1S/C19H23FN2O3S2/c1-2-13-27(24,25)22-11-9-16(10-12-22)21-19(23)18-8-7-17(26-18)14-3-5-15(20)6-4-14/h3-8,16H,2,9-13H2,1H3,(H,21,23). The van der Waals surface area contributed by atoms with Crippen LogP contribution < -0.4 is 5.32 Å². The summed E-state index contributed by atoms with van der Waals surface area (Å²) in [5.74, 6) is -0.269. The van der Waals surface area contributed by atoms with Crippen LogP contribution in [0.2, 0.25) is 0 Å². The van der Waals surface area contributed by atoms with E-state index in [1.165, 1.54) is 27.8 Å². The monoisotopic (exact) mass is 410 g/mol. The molecule has 0 unspecified atom stereocenters. The van der Waals surface area contributed by atoms with Gasteiger partial charge in [-0.05, 0) is 49.1 Å². The molecular weight excluding hydrogens is 387 g/mol. The maximum Gasteiger partial charge on any atom is 0.261 e. The third kappa shape index (κ3) is 4.94. The van der Waals surface area contributed by atoms with Gasteiger partial charge in [0.25, 0.3) is 5.91 Å². The van der Waals surface area contributed by atoms with Crippen LogP contribution in [0.15, 0.2) is 36.4 Å². The number of sulfonamides is 1. The second-order valence-electron chi connectivity index (χ2n) is 6.63. The number of rotatable bonds is 6. The number of carbonyl (C=O) groups excluding carboxylic acids is 1. The fraction of sp³-hybridized carbons (Fsp3) is 0.421. The summed E-state index contributed by atoms with van der Waals surface area (Å²) < 4.78 is 38.8. The molecule has 0 aliphatic carbocycles. The van der Waals surface area contributed by atoms with E-state index in [1.807, 2.05) is 13.0 Å². The zero-order valence-electron chi connectivity index (χ0n) is 15.2. The van der Waals surface area contributed by atoms with E-state index in [9.17, 15) is 17.6 Å². The quantitative estimate of drug-likeness (QED) is 0.793. The summed E-state index contributed by atoms with van der Waals surface area (Å²) >= 11 is 1.36. The molecule has 0 bridgehead atoms. The number of nitrogens with zero attached hydrogens (tertiary/aromatic N) is 1. The highest BCUT2D eigenvalue weighted by molar-refractivity contribution is 7.89. The molecule has 0 spiro atoms. The lowest BCUT2D eigenvalue weighted by Crippen LogP contribution is -2.46. The Kier molecular flexibility index (Phi) is 6.29. The molecule has 1 N–H and O–H groups in total. The lowest BCUT2D eigenvalue weighted by atomic mass is 10.1. The Morgan fingerprint density at radius 1 is 1.19 bits per heavy atom. The van der Waals surface area contributed by atoms with Crippen molar-refractivity contribution in [3.8, 4) is 10.4 Å². The molecule has 3 rings (SSSR count). The number of thiophene rings is 1. The minimum atomic E-state index is -3.17. The number of hydrogen-bond donors (Lipinski definition) is 1. The van der Waals surface area contributed by atoms with Gasteiger partial charge in [-0.15, -0.1) is 11.3 Å². The van der Waals surface area contributed by atoms with Crippen LogP contribution in [0.4, 0.5) is 4.39 Å². The molecule has 0 radical (unpaired) electrons. The van der Waals surface area contributed by atoms with Crippen LogP contribution in [0.25, 0.3) is 10.4 Å². The van der Waals surface area contributed by atoms with Crippen molar-refractivity contribution in [1.82, 2.24) is 9.62 Å². The molecule has 2 aromatic rings. The number of halogens is 1. The third-order valence-corrected chi connectivity index (χ3v) is 7.81. The highest BCUT2D eigenvalue weighted by atomic mass is 32.2. The van der Waals surface area contributed by atoms with Crippen molar-refractivity contribution in [1.29, 1.82) is 0 Å². The molecule has 1 aromatic heterocycles. The lowest BCUT2D eigenvalue weighted by Gasteiger charge is -2.31. The maximum atomic E-state index is 13.0. The first kappa shape index (κ1) is 20.0. The highest BCUT2D eigenvalue weighted by Crippen LogP contribution is 2.28. The Morgan fingerprint density at radius 3 is 2.48 bits per heavy atom. The largest absolute Gasteiger partial charge is 0.349 e. The van der Waals surface area contributed by atoms with E-state index in [-0.39, 0.29) is 23.5 Å². The Balaban J connectivity index is 1.57. The maximum absolute atomic E-state index is 13.0. The Morgan fingerprint density at radius 2 is 1.85 bits per heavy atom. The summed E-state index contributed by atoms with van der Waals surface area (Å²) in [6.07, 6.45) is 1.84. The van der Waals surface area contributed by atoms with Gasteiger partial charge in [0.15, 0.2) is 0 Å². The van der Waals surface area contributed by atoms with Gasteiger partial charge in [0, 0.05) is 24.0 Å². The molecule has 27 heavy (non-hydrogen) atoms. The zero-order valence-corrected chi connectivity index (χ0v) is 16.8. The van der Waals surface area contributed by atoms with Gasteiger partial charge < -0.3 is 5.32 Å². The number of carbonyl (C=O) groups is 1. The Hall–Kier alpha value is -1.77. The predicted octanol–water partition coefficient (Wildman–Crippen LogP) is 3.49. The van der Waals surface area contributed by atoms with Gasteiger partial charge in [-0.2, -0.15) is 0 Å². The Bertz CT molecular complexity index is 886. The number of piperidine rings is 1. The van der Waals surface area contributed by atoms with Gasteiger partial charge in [-0.1, -0.05) is 19.1 Å². The van der Waals surface area contributed by atoms with Gasteiger partial charge in [0.1, 0.15) is 5.82 Å². The van der Waals surface area contributed by atoms with E-state index >= 15 is 0 Å². The molecule has 1 amide bonds. The molecule has 1 aliphatic heterocycles. The molecule has 0 saturated carbocycles. The zero-order chi connectivity index (χ0) is 19.4. The van der Waals surface area contributed by atoms with Crippen LogP contribution in [-0.4, -0.2) is 43.5 Å². The highest BCUT2D eigenvalue weighted by Gasteiger charge is 2.28. The molecule has 1 fully saturated rings. The van der Waals surface area contributed by atoms with Crippen LogP contribution in [0.3, 0.4) is 0 Å². The van der Waals surface area contributed by atoms with Gasteiger partial charge in [-0.3, -0.25) is 4.79 Å². The normalized spacial score (nSPS) is 16.4. The van der Waals surface area contributed by atoms with E-state index < -0.39 is 10.0 Å². The van der Waals surface area contributed by atoms with Gasteiger partial charge >= 0.3 is 0 Å². The first-order valence-electron chi connectivity index (χ1n) is 9.03. The summed E-state index contributed by atoms with van der Waals surface area (Å²) in [6, 6.07) is 9.77. The fourth-order valence-electron chi connectivity index (χ4n) is 3.15. The smallest absolute Gasteiger partial charge is 0.261 e. The van der Waals surface area contributed by atoms with Crippen LogP contribution in [0.5, 0.6) is 0 Å². The molecule has 0 atom stereocenters. The summed E-state index contributed by atoms with van der Waals surface area (Å²) in [5, 5.41) is 3.00. The minimum absolute atomic E-state index is 0.0260. The van der Waals surface area contributed by atoms with Crippen molar-refractivity contribution in [2.45, 2.75) is 32.2 Å². The van der Waals surface area contributed by atoms with E-state index in [4.69, 9.17) is 0 Å². The SMILES string of the molecule is CCCS(=O)(=O)N1CCC(NC(=O)c2ccc(-c3ccc(F)cc3)s2)CC1. The fourth-order valence-corrected chi connectivity index (χ4v) is 5.61. The summed E-state index contributed by atoms with van der Waals surface area (Å²) in [6.45, 7) is 2.74. The number of amides is 1. The summed E-state index contributed by atoms with van der Waals surface area (Å²) in [5.41, 5.74) is 0.870. The van der Waals surface area contributed by atoms with Crippen LogP contribution in [0.1, 0.15) is 35.9 Å². The van der Waals surface area contributed by atoms with Crippen molar-refractivity contribution in [2.75, 3.05) is 18.8 Å². The van der Waals surface area contributed by atoms with E-state index in [2.05, 4.69) is 5.32 Å². The third-order valence-electron chi connectivity index (χ3n) is 4.60. The summed E-state index contributed by atoms with van der Waals surface area (Å²) in [7, 11) is -3.17. The molecule has 5 nitrogen and oxygen atoms in total. The topological polar surface area (TPSA) is 66.5 Å². The molecule has 8 heteroatoms. The van der Waals surface area contributed by atoms with Crippen LogP contribution in [0, 0.1) is 5.82 Å². The summed E-state index contributed by atoms with van der Waals surface area (Å²) in [4.78, 5) is 14.0. The minimum Gasteiger partial charge on any atom is -0.349 e. The first-order valence-corrected chi connectivity index (χ1v) is 11.5. The van der Waals surface area contributed by atoms with Crippen molar-refractivity contribution in [3.05, 3.63) is 47.1 Å². The van der Waals surface area contributed by atoms with E-state index in [0.29, 0.717) is 37.2 Å². The average Bonchev–Trinajstić information content (AvgIpc) is 3.13. The van der Waals surface area contributed by atoms with Crippen molar-refractivity contribution in [3.63, 3.8) is 0 Å². The second-order valence-corrected chi connectivity index (χ2v) is 9.81. The molecule has 1 saturated heterocycles. The molecule has 1 aromatic carbocycles. The van der Waals surface area contributed by atoms with Gasteiger partial charge in [0.05, 0.1) is 10.6 Å². The number of nitrogens with one attached hydrogen (secondary N) is 1. The average molecular weight is 411 g/mol. The predicted molar refractivity (Wildman–Crippen MR) is 106 cm³/mol. The first-order chi connectivity index (χ1) is 12.9. The Labute approximate surface area is 163 Å². The molecule has 146 valence electrons. The lowest BCUT2D eigenvalue weighted by molar-refractivity contribution is 0.0928. The van der Waals surface area contributed by atoms with Crippen molar-refractivity contribution >= 4 is 27.3 Å². The van der Waals surface area contributed by atoms with E-state index in [1.54, 1.807) is 18.2 Å². The van der Waals surface area contributed by atoms with Gasteiger partial charge in [0.2, 0.25) is 10.0 Å². The molecule has 2 heterocycles. The molecular formula is C19H23FN2O3S2. The van der Waals surface area contributed by atoms with Gasteiger partial charge in [-0.25, -0.2) is 17.1 Å². The van der Waals surface area contributed by atoms with E-state index in [0.717, 1.165) is 10.4 Å². The molecule has 1 aliphatic rings. The number of benzene rings is 1. The number of hydrogen-bond acceptors (Lipinski definition) is 4. The van der Waals surface area contributed by atoms with Crippen molar-refractivity contribution < 1.29 is 17.6 Å². The van der Waals surface area contributed by atoms with Crippen LogP contribution >= 0.6 is 11.3 Å².